The Kier molecular flexibility index (Phi) is 4.25. The van der Waals surface area contributed by atoms with Gasteiger partial charge in [-0.25, -0.2) is 5.43 Å². The molecular weight excluding hydrogens is 256 g/mol. The maximum atomic E-state index is 6.20. The minimum Gasteiger partial charge on any atom is -0.271 e. The van der Waals surface area contributed by atoms with Gasteiger partial charge in [-0.15, -0.1) is 0 Å². The third-order valence-electron chi connectivity index (χ3n) is 3.44. The summed E-state index contributed by atoms with van der Waals surface area (Å²) in [6, 6.07) is 12.4. The van der Waals surface area contributed by atoms with Crippen molar-refractivity contribution in [2.24, 2.45) is 5.84 Å². The van der Waals surface area contributed by atoms with Crippen LogP contribution in [0.2, 0.25) is 5.02 Å². The Hall–Kier alpha value is -1.35. The second kappa shape index (κ2) is 5.74. The summed E-state index contributed by atoms with van der Waals surface area (Å²) in [6.45, 7) is 6.17. The number of aryl methyl sites for hydroxylation is 3. The Morgan fingerprint density at radius 3 is 2.32 bits per heavy atom. The molecule has 0 fully saturated rings. The van der Waals surface area contributed by atoms with E-state index in [0.29, 0.717) is 0 Å². The molecule has 0 spiro atoms. The Morgan fingerprint density at radius 1 is 1.00 bits per heavy atom. The van der Waals surface area contributed by atoms with Crippen molar-refractivity contribution in [1.82, 2.24) is 5.43 Å². The van der Waals surface area contributed by atoms with Crippen molar-refractivity contribution < 1.29 is 0 Å². The molecule has 2 aromatic rings. The van der Waals surface area contributed by atoms with Crippen molar-refractivity contribution in [2.45, 2.75) is 26.8 Å². The largest absolute Gasteiger partial charge is 0.271 e. The lowest BCUT2D eigenvalue weighted by Crippen LogP contribution is -2.29. The SMILES string of the molecule is Cc1ccc(C)c(C(NN)c2ccc(C)c(Cl)c2)c1. The molecule has 0 saturated carbocycles. The summed E-state index contributed by atoms with van der Waals surface area (Å²) < 4.78 is 0. The number of hydrogen-bond acceptors (Lipinski definition) is 2. The van der Waals surface area contributed by atoms with Crippen LogP contribution in [0.5, 0.6) is 0 Å². The average molecular weight is 275 g/mol. The van der Waals surface area contributed by atoms with Crippen molar-refractivity contribution >= 4 is 11.6 Å². The first-order valence-electron chi connectivity index (χ1n) is 6.32. The van der Waals surface area contributed by atoms with E-state index in [1.807, 2.05) is 19.1 Å². The number of nitrogens with one attached hydrogen (secondary N) is 1. The maximum absolute atomic E-state index is 6.20. The molecule has 19 heavy (non-hydrogen) atoms. The highest BCUT2D eigenvalue weighted by atomic mass is 35.5. The zero-order valence-electron chi connectivity index (χ0n) is 11.5. The van der Waals surface area contributed by atoms with E-state index in [1.54, 1.807) is 0 Å². The molecule has 0 aliphatic carbocycles. The Balaban J connectivity index is 2.49. The molecule has 1 atom stereocenters. The van der Waals surface area contributed by atoms with Gasteiger partial charge < -0.3 is 0 Å². The first kappa shape index (κ1) is 14.1. The van der Waals surface area contributed by atoms with Gasteiger partial charge in [-0.1, -0.05) is 47.5 Å². The van der Waals surface area contributed by atoms with Gasteiger partial charge in [0.1, 0.15) is 0 Å². The molecule has 0 aliphatic rings. The van der Waals surface area contributed by atoms with Crippen LogP contribution in [0, 0.1) is 20.8 Å². The first-order valence-corrected chi connectivity index (χ1v) is 6.70. The zero-order valence-corrected chi connectivity index (χ0v) is 12.3. The molecule has 0 amide bonds. The van der Waals surface area contributed by atoms with Crippen LogP contribution in [0.4, 0.5) is 0 Å². The highest BCUT2D eigenvalue weighted by molar-refractivity contribution is 6.31. The summed E-state index contributed by atoms with van der Waals surface area (Å²) >= 11 is 6.20. The summed E-state index contributed by atoms with van der Waals surface area (Å²) in [6.07, 6.45) is 0. The minimum atomic E-state index is -0.0435. The van der Waals surface area contributed by atoms with Gasteiger partial charge in [-0.3, -0.25) is 5.84 Å². The summed E-state index contributed by atoms with van der Waals surface area (Å²) in [5, 5.41) is 0.767. The average Bonchev–Trinajstić information content (AvgIpc) is 2.38. The minimum absolute atomic E-state index is 0.0435. The number of hydrazine groups is 1. The predicted molar refractivity (Wildman–Crippen MR) is 81.3 cm³/mol. The molecule has 0 aliphatic heterocycles. The van der Waals surface area contributed by atoms with Crippen LogP contribution in [0.25, 0.3) is 0 Å². The van der Waals surface area contributed by atoms with Gasteiger partial charge in [0.25, 0.3) is 0 Å². The number of benzene rings is 2. The Morgan fingerprint density at radius 2 is 1.68 bits per heavy atom. The van der Waals surface area contributed by atoms with Crippen molar-refractivity contribution in [1.29, 1.82) is 0 Å². The fourth-order valence-electron chi connectivity index (χ4n) is 2.23. The number of nitrogens with two attached hydrogens (primary N) is 1. The Bertz CT molecular complexity index is 593. The number of rotatable bonds is 3. The third-order valence-corrected chi connectivity index (χ3v) is 3.85. The van der Waals surface area contributed by atoms with Crippen molar-refractivity contribution in [3.8, 4) is 0 Å². The van der Waals surface area contributed by atoms with Crippen molar-refractivity contribution in [3.05, 3.63) is 69.2 Å². The maximum Gasteiger partial charge on any atom is 0.0713 e. The summed E-state index contributed by atoms with van der Waals surface area (Å²) in [5.74, 6) is 5.75. The van der Waals surface area contributed by atoms with Crippen LogP contribution in [-0.4, -0.2) is 0 Å². The predicted octanol–water partition coefficient (Wildman–Crippen LogP) is 3.82. The molecule has 3 heteroatoms. The van der Waals surface area contributed by atoms with Crippen LogP contribution in [0.1, 0.15) is 33.9 Å². The second-order valence-electron chi connectivity index (χ2n) is 4.97. The Labute approximate surface area is 119 Å². The number of halogens is 1. The third kappa shape index (κ3) is 2.98. The van der Waals surface area contributed by atoms with Gasteiger partial charge in [0.05, 0.1) is 6.04 Å². The lowest BCUT2D eigenvalue weighted by molar-refractivity contribution is 0.633. The van der Waals surface area contributed by atoms with Gasteiger partial charge in [0.15, 0.2) is 0 Å². The van der Waals surface area contributed by atoms with Crippen LogP contribution < -0.4 is 11.3 Å². The van der Waals surface area contributed by atoms with Gasteiger partial charge in [0, 0.05) is 5.02 Å². The van der Waals surface area contributed by atoms with Gasteiger partial charge >= 0.3 is 0 Å². The molecule has 0 heterocycles. The molecule has 2 aromatic carbocycles. The molecule has 3 N–H and O–H groups in total. The van der Waals surface area contributed by atoms with Crippen LogP contribution in [-0.2, 0) is 0 Å². The highest BCUT2D eigenvalue weighted by Gasteiger charge is 2.15. The van der Waals surface area contributed by atoms with E-state index < -0.39 is 0 Å². The molecule has 100 valence electrons. The van der Waals surface area contributed by atoms with Gasteiger partial charge in [0.2, 0.25) is 0 Å². The standard InChI is InChI=1S/C16H19ClN2/c1-10-4-5-11(2)14(8-10)16(19-18)13-7-6-12(3)15(17)9-13/h4-9,16,19H,18H2,1-3H3. The summed E-state index contributed by atoms with van der Waals surface area (Å²) in [5.41, 5.74) is 8.66. The molecule has 0 bridgehead atoms. The van der Waals surface area contributed by atoms with Crippen LogP contribution >= 0.6 is 11.6 Å². The fourth-order valence-corrected chi connectivity index (χ4v) is 2.41. The smallest absolute Gasteiger partial charge is 0.0713 e. The van der Waals surface area contributed by atoms with E-state index in [2.05, 4.69) is 43.5 Å². The van der Waals surface area contributed by atoms with Crippen molar-refractivity contribution in [2.75, 3.05) is 0 Å². The quantitative estimate of drug-likeness (QED) is 0.660. The van der Waals surface area contributed by atoms with Crippen LogP contribution in [0.3, 0.4) is 0 Å². The topological polar surface area (TPSA) is 38.0 Å². The van der Waals surface area contributed by atoms with E-state index in [4.69, 9.17) is 17.4 Å². The normalized spacial score (nSPS) is 12.5. The fraction of sp³-hybridized carbons (Fsp3) is 0.250. The summed E-state index contributed by atoms with van der Waals surface area (Å²) in [4.78, 5) is 0. The van der Waals surface area contributed by atoms with Gasteiger partial charge in [-0.05, 0) is 49.1 Å². The van der Waals surface area contributed by atoms with E-state index in [-0.39, 0.29) is 6.04 Å². The lowest BCUT2D eigenvalue weighted by atomic mass is 9.93. The monoisotopic (exact) mass is 274 g/mol. The van der Waals surface area contributed by atoms with Crippen LogP contribution in [0.15, 0.2) is 36.4 Å². The van der Waals surface area contributed by atoms with E-state index >= 15 is 0 Å². The molecule has 0 saturated heterocycles. The molecule has 2 rings (SSSR count). The van der Waals surface area contributed by atoms with Crippen molar-refractivity contribution in [3.63, 3.8) is 0 Å². The zero-order chi connectivity index (χ0) is 14.0. The van der Waals surface area contributed by atoms with Gasteiger partial charge in [-0.2, -0.15) is 0 Å². The lowest BCUT2D eigenvalue weighted by Gasteiger charge is -2.20. The number of hydrogen-bond donors (Lipinski definition) is 2. The molecule has 2 nitrogen and oxygen atoms in total. The molecule has 0 radical (unpaired) electrons. The van der Waals surface area contributed by atoms with E-state index in [9.17, 15) is 0 Å². The molecule has 0 aromatic heterocycles. The van der Waals surface area contributed by atoms with E-state index in [0.717, 1.165) is 16.1 Å². The molecular formula is C16H19ClN2. The highest BCUT2D eigenvalue weighted by Crippen LogP contribution is 2.28. The molecule has 1 unspecified atom stereocenters. The first-order chi connectivity index (χ1) is 9.02. The summed E-state index contributed by atoms with van der Waals surface area (Å²) in [7, 11) is 0. The van der Waals surface area contributed by atoms with E-state index in [1.165, 1.54) is 16.7 Å². The second-order valence-corrected chi connectivity index (χ2v) is 5.38.